The van der Waals surface area contributed by atoms with Gasteiger partial charge in [0.1, 0.15) is 5.75 Å². The average Bonchev–Trinajstić information content (AvgIpc) is 2.15. The monoisotopic (exact) mass is 246 g/mol. The van der Waals surface area contributed by atoms with Gasteiger partial charge in [0, 0.05) is 5.02 Å². The maximum atomic E-state index is 11.1. The summed E-state index contributed by atoms with van der Waals surface area (Å²) in [6.07, 6.45) is -0.618. The average molecular weight is 247 g/mol. The molecule has 1 atom stereocenters. The van der Waals surface area contributed by atoms with Gasteiger partial charge in [-0.1, -0.05) is 25.4 Å². The number of carbonyl (C=O) groups excluding carboxylic acids is 1. The molecule has 4 heteroatoms. The quantitative estimate of drug-likeness (QED) is 0.761. The molecule has 0 aliphatic carbocycles. The molecular formula is C11H12Cl2O2. The Balaban J connectivity index is 2.74. The Morgan fingerprint density at radius 2 is 1.80 bits per heavy atom. The van der Waals surface area contributed by atoms with Crippen molar-refractivity contribution in [3.63, 3.8) is 0 Å². The smallest absolute Gasteiger partial charge is 0.262 e. The molecule has 0 bridgehead atoms. The van der Waals surface area contributed by atoms with Gasteiger partial charge in [-0.3, -0.25) is 4.79 Å². The second-order valence-corrected chi connectivity index (χ2v) is 4.35. The van der Waals surface area contributed by atoms with E-state index in [0.29, 0.717) is 10.8 Å². The molecule has 2 nitrogen and oxygen atoms in total. The van der Waals surface area contributed by atoms with Crippen LogP contribution in [0.1, 0.15) is 13.8 Å². The fourth-order valence-corrected chi connectivity index (χ4v) is 1.53. The van der Waals surface area contributed by atoms with Crippen LogP contribution >= 0.6 is 23.2 Å². The highest BCUT2D eigenvalue weighted by Gasteiger charge is 2.22. The zero-order chi connectivity index (χ0) is 11.4. The highest BCUT2D eigenvalue weighted by atomic mass is 35.5. The third kappa shape index (κ3) is 3.73. The molecule has 1 aromatic rings. The zero-order valence-corrected chi connectivity index (χ0v) is 10.0. The van der Waals surface area contributed by atoms with Crippen LogP contribution in [-0.2, 0) is 4.79 Å². The first-order valence-corrected chi connectivity index (χ1v) is 5.38. The van der Waals surface area contributed by atoms with E-state index in [4.69, 9.17) is 27.9 Å². The molecule has 0 fully saturated rings. The molecule has 0 aliphatic heterocycles. The predicted molar refractivity (Wildman–Crippen MR) is 61.6 cm³/mol. The third-order valence-electron chi connectivity index (χ3n) is 1.91. The topological polar surface area (TPSA) is 26.3 Å². The van der Waals surface area contributed by atoms with Crippen molar-refractivity contribution in [2.24, 2.45) is 5.92 Å². The first kappa shape index (κ1) is 12.3. The van der Waals surface area contributed by atoms with Crippen LogP contribution in [0.25, 0.3) is 0 Å². The van der Waals surface area contributed by atoms with Gasteiger partial charge < -0.3 is 4.74 Å². The number of benzene rings is 1. The third-order valence-corrected chi connectivity index (χ3v) is 2.37. The lowest BCUT2D eigenvalue weighted by molar-refractivity contribution is -0.119. The van der Waals surface area contributed by atoms with Crippen molar-refractivity contribution >= 4 is 28.4 Å². The van der Waals surface area contributed by atoms with E-state index in [0.717, 1.165) is 0 Å². The van der Waals surface area contributed by atoms with Crippen molar-refractivity contribution in [3.05, 3.63) is 29.3 Å². The van der Waals surface area contributed by atoms with Gasteiger partial charge in [0.25, 0.3) is 5.24 Å². The molecule has 0 amide bonds. The zero-order valence-electron chi connectivity index (χ0n) is 8.54. The van der Waals surface area contributed by atoms with E-state index in [1.54, 1.807) is 24.3 Å². The maximum absolute atomic E-state index is 11.1. The van der Waals surface area contributed by atoms with Gasteiger partial charge in [-0.15, -0.1) is 0 Å². The van der Waals surface area contributed by atoms with Crippen LogP contribution in [-0.4, -0.2) is 11.3 Å². The summed E-state index contributed by atoms with van der Waals surface area (Å²) in [7, 11) is 0. The molecule has 0 saturated carbocycles. The summed E-state index contributed by atoms with van der Waals surface area (Å²) >= 11 is 11.2. The Labute approximate surface area is 99.1 Å². The molecular weight excluding hydrogens is 235 g/mol. The van der Waals surface area contributed by atoms with Crippen LogP contribution in [0.3, 0.4) is 0 Å². The van der Waals surface area contributed by atoms with Crippen LogP contribution in [0, 0.1) is 5.92 Å². The Bertz CT molecular complexity index is 333. The summed E-state index contributed by atoms with van der Waals surface area (Å²) in [4.78, 5) is 11.1. The van der Waals surface area contributed by atoms with Crippen molar-refractivity contribution in [1.82, 2.24) is 0 Å². The molecule has 0 heterocycles. The molecule has 82 valence electrons. The molecule has 1 aromatic carbocycles. The van der Waals surface area contributed by atoms with Crippen LogP contribution < -0.4 is 4.74 Å². The molecule has 0 saturated heterocycles. The Morgan fingerprint density at radius 3 is 2.20 bits per heavy atom. The number of carbonyl (C=O) groups is 1. The van der Waals surface area contributed by atoms with Crippen molar-refractivity contribution in [1.29, 1.82) is 0 Å². The molecule has 0 radical (unpaired) electrons. The van der Waals surface area contributed by atoms with E-state index in [-0.39, 0.29) is 5.92 Å². The van der Waals surface area contributed by atoms with Gasteiger partial charge in [-0.05, 0) is 41.8 Å². The van der Waals surface area contributed by atoms with Crippen molar-refractivity contribution in [3.8, 4) is 5.75 Å². The SMILES string of the molecule is CC(C)C(Oc1ccc(Cl)cc1)C(=O)Cl. The molecule has 1 unspecified atom stereocenters. The van der Waals surface area contributed by atoms with Gasteiger partial charge in [-0.25, -0.2) is 0 Å². The number of ether oxygens (including phenoxy) is 1. The van der Waals surface area contributed by atoms with Crippen molar-refractivity contribution in [2.75, 3.05) is 0 Å². The molecule has 15 heavy (non-hydrogen) atoms. The Hall–Kier alpha value is -0.730. The lowest BCUT2D eigenvalue weighted by Gasteiger charge is -2.18. The van der Waals surface area contributed by atoms with E-state index in [2.05, 4.69) is 0 Å². The number of hydrogen-bond acceptors (Lipinski definition) is 2. The molecule has 0 N–H and O–H groups in total. The summed E-state index contributed by atoms with van der Waals surface area (Å²) in [5.41, 5.74) is 0. The minimum Gasteiger partial charge on any atom is -0.481 e. The standard InChI is InChI=1S/C11H12Cl2O2/c1-7(2)10(11(13)14)15-9-5-3-8(12)4-6-9/h3-7,10H,1-2H3. The van der Waals surface area contributed by atoms with Crippen molar-refractivity contribution < 1.29 is 9.53 Å². The number of hydrogen-bond donors (Lipinski definition) is 0. The Kier molecular flexibility index (Phi) is 4.43. The fraction of sp³-hybridized carbons (Fsp3) is 0.364. The predicted octanol–water partition coefficient (Wildman–Crippen LogP) is 3.51. The van der Waals surface area contributed by atoms with E-state index < -0.39 is 11.3 Å². The second kappa shape index (κ2) is 5.38. The van der Waals surface area contributed by atoms with Crippen LogP contribution in [0.4, 0.5) is 0 Å². The molecule has 1 rings (SSSR count). The normalized spacial score (nSPS) is 12.6. The van der Waals surface area contributed by atoms with Gasteiger partial charge >= 0.3 is 0 Å². The molecule has 0 aromatic heterocycles. The van der Waals surface area contributed by atoms with Gasteiger partial charge in [-0.2, -0.15) is 0 Å². The van der Waals surface area contributed by atoms with Crippen LogP contribution in [0.15, 0.2) is 24.3 Å². The van der Waals surface area contributed by atoms with Crippen molar-refractivity contribution in [2.45, 2.75) is 20.0 Å². The van der Waals surface area contributed by atoms with Gasteiger partial charge in [0.15, 0.2) is 6.10 Å². The second-order valence-electron chi connectivity index (χ2n) is 3.54. The van der Waals surface area contributed by atoms with E-state index in [9.17, 15) is 4.79 Å². The Morgan fingerprint density at radius 1 is 1.27 bits per heavy atom. The molecule has 0 spiro atoms. The van der Waals surface area contributed by atoms with Gasteiger partial charge in [0.2, 0.25) is 0 Å². The first-order valence-electron chi connectivity index (χ1n) is 4.62. The maximum Gasteiger partial charge on any atom is 0.262 e. The highest BCUT2D eigenvalue weighted by Crippen LogP contribution is 2.20. The van der Waals surface area contributed by atoms with E-state index >= 15 is 0 Å². The minimum absolute atomic E-state index is 0.0330. The lowest BCUT2D eigenvalue weighted by Crippen LogP contribution is -2.29. The highest BCUT2D eigenvalue weighted by molar-refractivity contribution is 6.64. The summed E-state index contributed by atoms with van der Waals surface area (Å²) in [6, 6.07) is 6.81. The van der Waals surface area contributed by atoms with Gasteiger partial charge in [0.05, 0.1) is 0 Å². The fourth-order valence-electron chi connectivity index (χ4n) is 1.10. The first-order chi connectivity index (χ1) is 7.00. The van der Waals surface area contributed by atoms with E-state index in [1.807, 2.05) is 13.8 Å². The summed E-state index contributed by atoms with van der Waals surface area (Å²) in [5.74, 6) is 0.623. The number of halogens is 2. The summed E-state index contributed by atoms with van der Waals surface area (Å²) < 4.78 is 5.45. The largest absolute Gasteiger partial charge is 0.481 e. The number of rotatable bonds is 4. The van der Waals surface area contributed by atoms with E-state index in [1.165, 1.54) is 0 Å². The summed E-state index contributed by atoms with van der Waals surface area (Å²) in [6.45, 7) is 3.75. The summed E-state index contributed by atoms with van der Waals surface area (Å²) in [5, 5.41) is 0.139. The molecule has 0 aliphatic rings. The lowest BCUT2D eigenvalue weighted by atomic mass is 10.1. The minimum atomic E-state index is -0.618. The van der Waals surface area contributed by atoms with Crippen LogP contribution in [0.2, 0.25) is 5.02 Å². The van der Waals surface area contributed by atoms with Crippen LogP contribution in [0.5, 0.6) is 5.75 Å².